The van der Waals surface area contributed by atoms with Crippen molar-refractivity contribution in [2.24, 2.45) is 0 Å². The monoisotopic (exact) mass is 241 g/mol. The molecule has 1 unspecified atom stereocenters. The average Bonchev–Trinajstić information content (AvgIpc) is 2.29. The third kappa shape index (κ3) is 3.22. The Morgan fingerprint density at radius 3 is 2.19 bits per heavy atom. The molecule has 0 aromatic heterocycles. The highest BCUT2D eigenvalue weighted by molar-refractivity contribution is 7.98. The number of likely N-dealkylation sites (N-methyl/N-ethyl adjacent to an activating group) is 1. The van der Waals surface area contributed by atoms with Gasteiger partial charge in [0, 0.05) is 4.90 Å². The highest BCUT2D eigenvalue weighted by Crippen LogP contribution is 2.22. The largest absolute Gasteiger partial charge is 0.395 e. The van der Waals surface area contributed by atoms with E-state index < -0.39 is 6.10 Å². The van der Waals surface area contributed by atoms with E-state index in [1.807, 2.05) is 49.5 Å². The molecule has 0 aliphatic heterocycles. The lowest BCUT2D eigenvalue weighted by Crippen LogP contribution is -2.37. The number of hydrogen-bond acceptors (Lipinski definition) is 4. The lowest BCUT2D eigenvalue weighted by atomic mass is 10.0. The summed E-state index contributed by atoms with van der Waals surface area (Å²) in [6, 6.07) is 7.51. The quantitative estimate of drug-likeness (QED) is 0.764. The van der Waals surface area contributed by atoms with Crippen LogP contribution in [-0.2, 0) is 0 Å². The summed E-state index contributed by atoms with van der Waals surface area (Å²) in [5, 5.41) is 19.3. The molecule has 0 amide bonds. The zero-order valence-corrected chi connectivity index (χ0v) is 10.7. The molecule has 2 N–H and O–H groups in total. The Kier molecular flexibility index (Phi) is 5.28. The van der Waals surface area contributed by atoms with E-state index in [-0.39, 0.29) is 12.6 Å². The van der Waals surface area contributed by atoms with Crippen LogP contribution in [0.4, 0.5) is 0 Å². The summed E-state index contributed by atoms with van der Waals surface area (Å²) >= 11 is 1.67. The van der Waals surface area contributed by atoms with Gasteiger partial charge in [0.2, 0.25) is 0 Å². The van der Waals surface area contributed by atoms with Crippen molar-refractivity contribution in [3.63, 3.8) is 0 Å². The van der Waals surface area contributed by atoms with Crippen molar-refractivity contribution >= 4 is 11.8 Å². The van der Waals surface area contributed by atoms with Gasteiger partial charge in [0.15, 0.2) is 0 Å². The standard InChI is InChI=1S/C12H19NO2S/c1-13(2)11(8-14)12(15)9-4-6-10(16-3)7-5-9/h4-7,11-12,14-15H,8H2,1-3H3/t11-,12?/m1/s1. The number of aliphatic hydroxyl groups excluding tert-OH is 2. The van der Waals surface area contributed by atoms with Crippen molar-refractivity contribution in [2.75, 3.05) is 27.0 Å². The van der Waals surface area contributed by atoms with Gasteiger partial charge in [-0.1, -0.05) is 12.1 Å². The van der Waals surface area contributed by atoms with Crippen LogP contribution in [0.1, 0.15) is 11.7 Å². The third-order valence-electron chi connectivity index (χ3n) is 2.67. The van der Waals surface area contributed by atoms with Gasteiger partial charge in [-0.2, -0.15) is 0 Å². The lowest BCUT2D eigenvalue weighted by molar-refractivity contribution is 0.0389. The molecule has 1 aromatic rings. The van der Waals surface area contributed by atoms with Gasteiger partial charge in [-0.3, -0.25) is 0 Å². The van der Waals surface area contributed by atoms with Crippen LogP contribution >= 0.6 is 11.8 Å². The molecule has 0 heterocycles. The smallest absolute Gasteiger partial charge is 0.0967 e. The first kappa shape index (κ1) is 13.5. The van der Waals surface area contributed by atoms with E-state index in [9.17, 15) is 10.2 Å². The maximum atomic E-state index is 10.1. The minimum atomic E-state index is -0.657. The van der Waals surface area contributed by atoms with Crippen LogP contribution in [0.2, 0.25) is 0 Å². The molecule has 0 saturated carbocycles. The third-order valence-corrected chi connectivity index (χ3v) is 3.42. The molecule has 16 heavy (non-hydrogen) atoms. The molecule has 1 aromatic carbocycles. The molecule has 0 bridgehead atoms. The highest BCUT2D eigenvalue weighted by atomic mass is 32.2. The lowest BCUT2D eigenvalue weighted by Gasteiger charge is -2.27. The summed E-state index contributed by atoms with van der Waals surface area (Å²) in [4.78, 5) is 2.99. The fraction of sp³-hybridized carbons (Fsp3) is 0.500. The Balaban J connectivity index is 2.82. The van der Waals surface area contributed by atoms with Crippen molar-refractivity contribution in [1.29, 1.82) is 0 Å². The second-order valence-electron chi connectivity index (χ2n) is 3.93. The zero-order chi connectivity index (χ0) is 12.1. The van der Waals surface area contributed by atoms with Crippen molar-refractivity contribution < 1.29 is 10.2 Å². The topological polar surface area (TPSA) is 43.7 Å². The Morgan fingerprint density at radius 2 is 1.81 bits per heavy atom. The minimum Gasteiger partial charge on any atom is -0.395 e. The molecule has 0 aliphatic carbocycles. The second-order valence-corrected chi connectivity index (χ2v) is 4.81. The molecular weight excluding hydrogens is 222 g/mol. The SMILES string of the molecule is CSc1ccc(C(O)[C@@H](CO)N(C)C)cc1. The molecule has 2 atom stereocenters. The van der Waals surface area contributed by atoms with E-state index in [2.05, 4.69) is 0 Å². The summed E-state index contributed by atoms with van der Waals surface area (Å²) < 4.78 is 0. The van der Waals surface area contributed by atoms with E-state index in [0.29, 0.717) is 0 Å². The van der Waals surface area contributed by atoms with E-state index in [4.69, 9.17) is 0 Å². The predicted octanol–water partition coefficient (Wildman–Crippen LogP) is 1.36. The minimum absolute atomic E-state index is 0.0571. The van der Waals surface area contributed by atoms with Gasteiger partial charge >= 0.3 is 0 Å². The number of aliphatic hydroxyl groups is 2. The number of hydrogen-bond donors (Lipinski definition) is 2. The first-order valence-corrected chi connectivity index (χ1v) is 6.42. The van der Waals surface area contributed by atoms with Gasteiger partial charge in [-0.25, -0.2) is 0 Å². The van der Waals surface area contributed by atoms with Crippen LogP contribution in [0.25, 0.3) is 0 Å². The normalized spacial score (nSPS) is 15.1. The fourth-order valence-electron chi connectivity index (χ4n) is 1.57. The fourth-order valence-corrected chi connectivity index (χ4v) is 1.98. The Hall–Kier alpha value is -0.550. The molecule has 0 fully saturated rings. The molecule has 0 aliphatic rings. The van der Waals surface area contributed by atoms with Gasteiger partial charge in [0.05, 0.1) is 18.8 Å². The summed E-state index contributed by atoms with van der Waals surface area (Å²) in [6.07, 6.45) is 1.36. The van der Waals surface area contributed by atoms with Crippen LogP contribution in [-0.4, -0.2) is 48.1 Å². The first-order valence-electron chi connectivity index (χ1n) is 5.19. The summed E-state index contributed by atoms with van der Waals surface area (Å²) in [5.41, 5.74) is 0.838. The Bertz CT molecular complexity index is 313. The number of nitrogens with zero attached hydrogens (tertiary/aromatic N) is 1. The number of benzene rings is 1. The molecule has 1 rings (SSSR count). The molecule has 0 spiro atoms. The first-order chi connectivity index (χ1) is 7.60. The number of thioether (sulfide) groups is 1. The molecule has 90 valence electrons. The Labute approximate surface area is 101 Å². The van der Waals surface area contributed by atoms with Crippen LogP contribution in [0.5, 0.6) is 0 Å². The van der Waals surface area contributed by atoms with E-state index in [1.54, 1.807) is 11.8 Å². The molecular formula is C12H19NO2S. The maximum Gasteiger partial charge on any atom is 0.0967 e. The van der Waals surface area contributed by atoms with Crippen molar-refractivity contribution in [3.05, 3.63) is 29.8 Å². The summed E-state index contributed by atoms with van der Waals surface area (Å²) in [5.74, 6) is 0. The van der Waals surface area contributed by atoms with Crippen LogP contribution < -0.4 is 0 Å². The molecule has 0 radical (unpaired) electrons. The van der Waals surface area contributed by atoms with E-state index in [0.717, 1.165) is 5.56 Å². The van der Waals surface area contributed by atoms with Crippen molar-refractivity contribution in [1.82, 2.24) is 4.90 Å². The molecule has 3 nitrogen and oxygen atoms in total. The van der Waals surface area contributed by atoms with Crippen LogP contribution in [0.15, 0.2) is 29.2 Å². The summed E-state index contributed by atoms with van der Waals surface area (Å²) in [7, 11) is 3.70. The number of rotatable bonds is 5. The summed E-state index contributed by atoms with van der Waals surface area (Å²) in [6.45, 7) is -0.0571. The van der Waals surface area contributed by atoms with Crippen molar-refractivity contribution in [3.8, 4) is 0 Å². The van der Waals surface area contributed by atoms with E-state index >= 15 is 0 Å². The van der Waals surface area contributed by atoms with E-state index in [1.165, 1.54) is 4.90 Å². The van der Waals surface area contributed by atoms with Gasteiger partial charge in [-0.05, 0) is 38.0 Å². The maximum absolute atomic E-state index is 10.1. The highest BCUT2D eigenvalue weighted by Gasteiger charge is 2.21. The second kappa shape index (κ2) is 6.25. The van der Waals surface area contributed by atoms with Gasteiger partial charge in [0.1, 0.15) is 0 Å². The van der Waals surface area contributed by atoms with Crippen LogP contribution in [0, 0.1) is 0 Å². The van der Waals surface area contributed by atoms with Gasteiger partial charge < -0.3 is 15.1 Å². The molecule has 0 saturated heterocycles. The predicted molar refractivity (Wildman–Crippen MR) is 67.7 cm³/mol. The van der Waals surface area contributed by atoms with Crippen molar-refractivity contribution in [2.45, 2.75) is 17.0 Å². The van der Waals surface area contributed by atoms with Gasteiger partial charge in [0.25, 0.3) is 0 Å². The van der Waals surface area contributed by atoms with Gasteiger partial charge in [-0.15, -0.1) is 11.8 Å². The Morgan fingerprint density at radius 1 is 1.25 bits per heavy atom. The average molecular weight is 241 g/mol. The van der Waals surface area contributed by atoms with Crippen LogP contribution in [0.3, 0.4) is 0 Å². The molecule has 4 heteroatoms. The zero-order valence-electron chi connectivity index (χ0n) is 9.92.